The molecule has 0 aromatic heterocycles. The SMILES string of the molecule is CO[C@]1(C(=O)c2ccccc2C)C[C@H](O)O[C@H]1COC(=O)c1ccccc1C. The summed E-state index contributed by atoms with van der Waals surface area (Å²) in [6, 6.07) is 14.2. The standard InChI is InChI=1S/C22H24O6/c1-14-8-4-6-10-16(14)20(24)22(26-3)12-19(23)28-18(22)13-27-21(25)17-11-7-5-9-15(17)2/h4-11,18-19,23H,12-13H2,1-3H3/t18-,19+,22+/m0/s1. The maximum absolute atomic E-state index is 13.3. The van der Waals surface area contributed by atoms with Crippen LogP contribution in [0.5, 0.6) is 0 Å². The van der Waals surface area contributed by atoms with Crippen LogP contribution in [0.2, 0.25) is 0 Å². The lowest BCUT2D eigenvalue weighted by Crippen LogP contribution is -2.50. The summed E-state index contributed by atoms with van der Waals surface area (Å²) in [6.07, 6.45) is -2.15. The van der Waals surface area contributed by atoms with Crippen molar-refractivity contribution in [2.75, 3.05) is 13.7 Å². The Kier molecular flexibility index (Phi) is 5.93. The van der Waals surface area contributed by atoms with Gasteiger partial charge in [-0.2, -0.15) is 0 Å². The number of carbonyl (C=O) groups is 2. The van der Waals surface area contributed by atoms with Gasteiger partial charge in [0.15, 0.2) is 17.7 Å². The van der Waals surface area contributed by atoms with E-state index < -0.39 is 24.0 Å². The Morgan fingerprint density at radius 1 is 1.07 bits per heavy atom. The molecule has 1 fully saturated rings. The van der Waals surface area contributed by atoms with Crippen LogP contribution < -0.4 is 0 Å². The third kappa shape index (κ3) is 3.71. The third-order valence-corrected chi connectivity index (χ3v) is 5.19. The molecule has 3 rings (SSSR count). The van der Waals surface area contributed by atoms with Crippen molar-refractivity contribution in [3.05, 3.63) is 70.8 Å². The molecule has 0 radical (unpaired) electrons. The monoisotopic (exact) mass is 384 g/mol. The number of ether oxygens (including phenoxy) is 3. The van der Waals surface area contributed by atoms with Gasteiger partial charge in [-0.3, -0.25) is 4.79 Å². The molecule has 2 aromatic rings. The molecule has 1 heterocycles. The molecule has 1 N–H and O–H groups in total. The van der Waals surface area contributed by atoms with Crippen molar-refractivity contribution in [1.29, 1.82) is 0 Å². The number of esters is 1. The first-order chi connectivity index (χ1) is 13.4. The molecular weight excluding hydrogens is 360 g/mol. The van der Waals surface area contributed by atoms with Crippen LogP contribution in [0.1, 0.15) is 38.3 Å². The molecule has 148 valence electrons. The lowest BCUT2D eigenvalue weighted by Gasteiger charge is -2.31. The fraction of sp³-hybridized carbons (Fsp3) is 0.364. The van der Waals surface area contributed by atoms with Gasteiger partial charge in [-0.15, -0.1) is 0 Å². The number of benzene rings is 2. The number of hydrogen-bond donors (Lipinski definition) is 1. The zero-order chi connectivity index (χ0) is 20.3. The molecule has 6 heteroatoms. The van der Waals surface area contributed by atoms with Crippen LogP contribution in [-0.4, -0.2) is 48.6 Å². The molecular formula is C22H24O6. The van der Waals surface area contributed by atoms with Gasteiger partial charge < -0.3 is 19.3 Å². The average molecular weight is 384 g/mol. The number of aryl methyl sites for hydroxylation is 2. The second-order valence-electron chi connectivity index (χ2n) is 6.93. The molecule has 0 unspecified atom stereocenters. The minimum absolute atomic E-state index is 0.0384. The van der Waals surface area contributed by atoms with Crippen molar-refractivity contribution in [3.8, 4) is 0 Å². The molecule has 0 aliphatic carbocycles. The highest BCUT2D eigenvalue weighted by Gasteiger charge is 2.55. The summed E-state index contributed by atoms with van der Waals surface area (Å²) in [5.74, 6) is -0.821. The zero-order valence-electron chi connectivity index (χ0n) is 16.2. The molecule has 6 nitrogen and oxygen atoms in total. The number of Topliss-reactive ketones (excluding diaryl/α,β-unsaturated/α-hetero) is 1. The fourth-order valence-corrected chi connectivity index (χ4v) is 3.55. The van der Waals surface area contributed by atoms with Gasteiger partial charge in [0.25, 0.3) is 0 Å². The topological polar surface area (TPSA) is 82.1 Å². The van der Waals surface area contributed by atoms with Crippen LogP contribution in [0, 0.1) is 13.8 Å². The smallest absolute Gasteiger partial charge is 0.338 e. The molecule has 1 aliphatic rings. The number of aliphatic hydroxyl groups excluding tert-OH is 1. The first-order valence-corrected chi connectivity index (χ1v) is 9.11. The molecule has 1 aliphatic heterocycles. The highest BCUT2D eigenvalue weighted by atomic mass is 16.7. The molecule has 0 amide bonds. The molecule has 0 saturated carbocycles. The van der Waals surface area contributed by atoms with E-state index in [0.29, 0.717) is 11.1 Å². The Labute approximate surface area is 164 Å². The van der Waals surface area contributed by atoms with E-state index in [0.717, 1.165) is 11.1 Å². The van der Waals surface area contributed by atoms with Crippen LogP contribution in [-0.2, 0) is 14.2 Å². The highest BCUT2D eigenvalue weighted by Crippen LogP contribution is 2.37. The summed E-state index contributed by atoms with van der Waals surface area (Å²) in [5, 5.41) is 10.1. The Balaban J connectivity index is 1.83. The number of rotatable bonds is 6. The van der Waals surface area contributed by atoms with Crippen LogP contribution in [0.15, 0.2) is 48.5 Å². The van der Waals surface area contributed by atoms with E-state index in [9.17, 15) is 14.7 Å². The van der Waals surface area contributed by atoms with Gasteiger partial charge in [0.2, 0.25) is 0 Å². The summed E-state index contributed by atoms with van der Waals surface area (Å²) in [5.41, 5.74) is 1.07. The van der Waals surface area contributed by atoms with Gasteiger partial charge in [-0.1, -0.05) is 42.5 Å². The number of ketones is 1. The first-order valence-electron chi connectivity index (χ1n) is 9.11. The van der Waals surface area contributed by atoms with Crippen LogP contribution in [0.25, 0.3) is 0 Å². The number of carbonyl (C=O) groups excluding carboxylic acids is 2. The minimum Gasteiger partial charge on any atom is -0.459 e. The van der Waals surface area contributed by atoms with E-state index in [-0.39, 0.29) is 18.8 Å². The predicted octanol–water partition coefficient (Wildman–Crippen LogP) is 2.84. The van der Waals surface area contributed by atoms with Gasteiger partial charge in [0.1, 0.15) is 12.7 Å². The number of methoxy groups -OCH3 is 1. The van der Waals surface area contributed by atoms with Crippen molar-refractivity contribution in [2.45, 2.75) is 38.3 Å². The van der Waals surface area contributed by atoms with Crippen molar-refractivity contribution >= 4 is 11.8 Å². The van der Waals surface area contributed by atoms with Gasteiger partial charge in [0, 0.05) is 19.1 Å². The Hall–Kier alpha value is -2.54. The fourth-order valence-electron chi connectivity index (χ4n) is 3.55. The van der Waals surface area contributed by atoms with Gasteiger partial charge in [-0.05, 0) is 31.0 Å². The summed E-state index contributed by atoms with van der Waals surface area (Å²) in [4.78, 5) is 25.7. The highest BCUT2D eigenvalue weighted by molar-refractivity contribution is 6.04. The third-order valence-electron chi connectivity index (χ3n) is 5.19. The summed E-state index contributed by atoms with van der Waals surface area (Å²) < 4.78 is 16.5. The van der Waals surface area contributed by atoms with Gasteiger partial charge in [0.05, 0.1) is 5.56 Å². The van der Waals surface area contributed by atoms with Crippen LogP contribution >= 0.6 is 0 Å². The average Bonchev–Trinajstić information content (AvgIpc) is 3.03. The van der Waals surface area contributed by atoms with Crippen molar-refractivity contribution < 1.29 is 28.9 Å². The zero-order valence-corrected chi connectivity index (χ0v) is 16.2. The maximum atomic E-state index is 13.3. The van der Waals surface area contributed by atoms with Crippen molar-refractivity contribution in [2.24, 2.45) is 0 Å². The van der Waals surface area contributed by atoms with E-state index >= 15 is 0 Å². The number of hydrogen-bond acceptors (Lipinski definition) is 6. The molecule has 0 spiro atoms. The quantitative estimate of drug-likeness (QED) is 0.609. The normalized spacial score (nSPS) is 24.1. The Morgan fingerprint density at radius 3 is 2.21 bits per heavy atom. The first kappa shape index (κ1) is 20.2. The number of aliphatic hydroxyl groups is 1. The lowest BCUT2D eigenvalue weighted by molar-refractivity contribution is -0.120. The van der Waals surface area contributed by atoms with E-state index in [2.05, 4.69) is 0 Å². The second kappa shape index (κ2) is 8.22. The van der Waals surface area contributed by atoms with E-state index in [1.54, 1.807) is 24.3 Å². The van der Waals surface area contributed by atoms with Gasteiger partial charge >= 0.3 is 5.97 Å². The summed E-state index contributed by atoms with van der Waals surface area (Å²) in [6.45, 7) is 3.43. The van der Waals surface area contributed by atoms with Gasteiger partial charge in [-0.25, -0.2) is 4.79 Å². The Morgan fingerprint density at radius 2 is 1.64 bits per heavy atom. The predicted molar refractivity (Wildman–Crippen MR) is 102 cm³/mol. The molecule has 0 bridgehead atoms. The van der Waals surface area contributed by atoms with Crippen molar-refractivity contribution in [1.82, 2.24) is 0 Å². The van der Waals surface area contributed by atoms with Crippen LogP contribution in [0.3, 0.4) is 0 Å². The van der Waals surface area contributed by atoms with E-state index in [1.165, 1.54) is 7.11 Å². The lowest BCUT2D eigenvalue weighted by atomic mass is 9.84. The minimum atomic E-state index is -1.43. The Bertz CT molecular complexity index is 877. The maximum Gasteiger partial charge on any atom is 0.338 e. The summed E-state index contributed by atoms with van der Waals surface area (Å²) in [7, 11) is 1.40. The van der Waals surface area contributed by atoms with Crippen molar-refractivity contribution in [3.63, 3.8) is 0 Å². The second-order valence-corrected chi connectivity index (χ2v) is 6.93. The molecule has 3 atom stereocenters. The molecule has 2 aromatic carbocycles. The van der Waals surface area contributed by atoms with E-state index in [1.807, 2.05) is 38.1 Å². The largest absolute Gasteiger partial charge is 0.459 e. The summed E-state index contributed by atoms with van der Waals surface area (Å²) >= 11 is 0. The molecule has 28 heavy (non-hydrogen) atoms. The molecule has 1 saturated heterocycles. The van der Waals surface area contributed by atoms with E-state index in [4.69, 9.17) is 14.2 Å². The van der Waals surface area contributed by atoms with Crippen LogP contribution in [0.4, 0.5) is 0 Å².